The molecule has 11 heteroatoms. The van der Waals surface area contributed by atoms with E-state index in [9.17, 15) is 22.8 Å². The van der Waals surface area contributed by atoms with Crippen molar-refractivity contribution in [3.63, 3.8) is 0 Å². The summed E-state index contributed by atoms with van der Waals surface area (Å²) in [5.41, 5.74) is 2.52. The summed E-state index contributed by atoms with van der Waals surface area (Å²) in [7, 11) is 0. The number of hydrogen-bond donors (Lipinski definition) is 3. The van der Waals surface area contributed by atoms with E-state index in [4.69, 9.17) is 0 Å². The summed E-state index contributed by atoms with van der Waals surface area (Å²) in [5, 5.41) is 8.06. The SMILES string of the molecule is O=C(Nc1ccc(OC(F)(F)F)cc1)Nc1ccc(C(=O)NCCN2CCN(Cc3ccccc3)CC2)cc1. The lowest BCUT2D eigenvalue weighted by Gasteiger charge is -2.34. The van der Waals surface area contributed by atoms with Crippen LogP contribution >= 0.6 is 0 Å². The lowest BCUT2D eigenvalue weighted by molar-refractivity contribution is -0.274. The number of halogens is 3. The Balaban J connectivity index is 1.14. The lowest BCUT2D eigenvalue weighted by Crippen LogP contribution is -2.48. The van der Waals surface area contributed by atoms with Gasteiger partial charge in [-0.15, -0.1) is 13.2 Å². The van der Waals surface area contributed by atoms with Gasteiger partial charge in [0.1, 0.15) is 5.75 Å². The standard InChI is InChI=1S/C28H30F3N5O3/c29-28(30,31)39-25-12-10-24(11-13-25)34-27(38)33-23-8-6-22(7-9-23)26(37)32-14-15-35-16-18-36(19-17-35)20-21-4-2-1-3-5-21/h1-13H,14-20H2,(H,32,37)(H2,33,34,38). The van der Waals surface area contributed by atoms with Gasteiger partial charge in [0.15, 0.2) is 0 Å². The van der Waals surface area contributed by atoms with Crippen LogP contribution in [-0.4, -0.2) is 67.4 Å². The molecule has 0 aromatic heterocycles. The van der Waals surface area contributed by atoms with Crippen LogP contribution in [0.5, 0.6) is 5.75 Å². The number of alkyl halides is 3. The molecule has 3 N–H and O–H groups in total. The molecule has 0 unspecified atom stereocenters. The Labute approximate surface area is 224 Å². The number of rotatable bonds is 9. The van der Waals surface area contributed by atoms with Gasteiger partial charge in [0.25, 0.3) is 5.91 Å². The highest BCUT2D eigenvalue weighted by molar-refractivity contribution is 6.00. The van der Waals surface area contributed by atoms with E-state index in [1.165, 1.54) is 17.7 Å². The van der Waals surface area contributed by atoms with Gasteiger partial charge in [-0.3, -0.25) is 14.6 Å². The highest BCUT2D eigenvalue weighted by Gasteiger charge is 2.31. The first kappa shape index (κ1) is 27.9. The summed E-state index contributed by atoms with van der Waals surface area (Å²) in [4.78, 5) is 29.5. The Morgan fingerprint density at radius 3 is 1.92 bits per heavy atom. The summed E-state index contributed by atoms with van der Waals surface area (Å²) in [6.45, 7) is 6.14. The molecule has 3 aromatic carbocycles. The average Bonchev–Trinajstić information content (AvgIpc) is 2.91. The van der Waals surface area contributed by atoms with Gasteiger partial charge in [0.2, 0.25) is 0 Å². The van der Waals surface area contributed by atoms with Crippen LogP contribution in [0.1, 0.15) is 15.9 Å². The predicted octanol–water partition coefficient (Wildman–Crippen LogP) is 4.78. The van der Waals surface area contributed by atoms with Crippen LogP contribution in [-0.2, 0) is 6.54 Å². The van der Waals surface area contributed by atoms with Crippen molar-refractivity contribution in [2.24, 2.45) is 0 Å². The highest BCUT2D eigenvalue weighted by Crippen LogP contribution is 2.24. The summed E-state index contributed by atoms with van der Waals surface area (Å²) < 4.78 is 40.5. The van der Waals surface area contributed by atoms with Crippen molar-refractivity contribution < 1.29 is 27.5 Å². The van der Waals surface area contributed by atoms with Crippen molar-refractivity contribution in [1.82, 2.24) is 15.1 Å². The second-order valence-electron chi connectivity index (χ2n) is 9.09. The van der Waals surface area contributed by atoms with Gasteiger partial charge in [-0.05, 0) is 54.1 Å². The predicted molar refractivity (Wildman–Crippen MR) is 143 cm³/mol. The molecule has 8 nitrogen and oxygen atoms in total. The Morgan fingerprint density at radius 2 is 1.33 bits per heavy atom. The number of piperazine rings is 1. The second-order valence-corrected chi connectivity index (χ2v) is 9.09. The Morgan fingerprint density at radius 1 is 0.769 bits per heavy atom. The van der Waals surface area contributed by atoms with E-state index in [2.05, 4.69) is 54.8 Å². The van der Waals surface area contributed by atoms with E-state index in [0.29, 0.717) is 17.8 Å². The van der Waals surface area contributed by atoms with Gasteiger partial charge < -0.3 is 20.7 Å². The minimum Gasteiger partial charge on any atom is -0.406 e. The van der Waals surface area contributed by atoms with Crippen molar-refractivity contribution in [3.05, 3.63) is 90.0 Å². The van der Waals surface area contributed by atoms with Crippen LogP contribution in [0.15, 0.2) is 78.9 Å². The number of benzene rings is 3. The maximum atomic E-state index is 12.5. The number of carbonyl (C=O) groups is 2. The Bertz CT molecular complexity index is 1210. The number of nitrogens with one attached hydrogen (secondary N) is 3. The van der Waals surface area contributed by atoms with Gasteiger partial charge in [-0.1, -0.05) is 30.3 Å². The molecule has 0 bridgehead atoms. The van der Waals surface area contributed by atoms with Crippen molar-refractivity contribution in [3.8, 4) is 5.75 Å². The Kier molecular flexibility index (Phi) is 9.40. The van der Waals surface area contributed by atoms with Gasteiger partial charge >= 0.3 is 12.4 Å². The minimum absolute atomic E-state index is 0.199. The van der Waals surface area contributed by atoms with Crippen LogP contribution in [0.25, 0.3) is 0 Å². The third kappa shape index (κ3) is 9.31. The smallest absolute Gasteiger partial charge is 0.406 e. The van der Waals surface area contributed by atoms with Crippen LogP contribution in [0, 0.1) is 0 Å². The molecule has 4 rings (SSSR count). The fourth-order valence-corrected chi connectivity index (χ4v) is 4.18. The molecule has 3 amide bonds. The minimum atomic E-state index is -4.78. The number of ether oxygens (including phenoxy) is 1. The van der Waals surface area contributed by atoms with E-state index in [-0.39, 0.29) is 17.3 Å². The molecule has 1 heterocycles. The van der Waals surface area contributed by atoms with E-state index in [0.717, 1.165) is 51.4 Å². The molecule has 1 saturated heterocycles. The molecule has 0 spiro atoms. The van der Waals surface area contributed by atoms with Crippen LogP contribution in [0.4, 0.5) is 29.3 Å². The van der Waals surface area contributed by atoms with Crippen LogP contribution in [0.2, 0.25) is 0 Å². The zero-order chi connectivity index (χ0) is 27.7. The zero-order valence-corrected chi connectivity index (χ0v) is 21.2. The van der Waals surface area contributed by atoms with Crippen molar-refractivity contribution >= 4 is 23.3 Å². The molecular weight excluding hydrogens is 511 g/mol. The fourth-order valence-electron chi connectivity index (χ4n) is 4.18. The number of hydrogen-bond acceptors (Lipinski definition) is 5. The number of nitrogens with zero attached hydrogens (tertiary/aromatic N) is 2. The van der Waals surface area contributed by atoms with Crippen molar-refractivity contribution in [2.45, 2.75) is 12.9 Å². The first-order valence-electron chi connectivity index (χ1n) is 12.5. The van der Waals surface area contributed by atoms with E-state index < -0.39 is 12.4 Å². The van der Waals surface area contributed by atoms with E-state index in [1.54, 1.807) is 24.3 Å². The van der Waals surface area contributed by atoms with Gasteiger partial charge in [0.05, 0.1) is 0 Å². The van der Waals surface area contributed by atoms with Gasteiger partial charge in [-0.25, -0.2) is 4.79 Å². The number of urea groups is 1. The molecule has 1 fully saturated rings. The summed E-state index contributed by atoms with van der Waals surface area (Å²) in [5.74, 6) is -0.585. The molecule has 3 aromatic rings. The van der Waals surface area contributed by atoms with Crippen molar-refractivity contribution in [1.29, 1.82) is 0 Å². The molecule has 0 radical (unpaired) electrons. The fraction of sp³-hybridized carbons (Fsp3) is 0.286. The molecule has 0 aliphatic carbocycles. The maximum absolute atomic E-state index is 12.5. The third-order valence-electron chi connectivity index (χ3n) is 6.18. The van der Waals surface area contributed by atoms with E-state index in [1.807, 2.05) is 6.07 Å². The largest absolute Gasteiger partial charge is 0.573 e. The monoisotopic (exact) mass is 541 g/mol. The number of amides is 3. The number of anilines is 2. The second kappa shape index (κ2) is 13.1. The molecule has 39 heavy (non-hydrogen) atoms. The number of carbonyl (C=O) groups excluding carboxylic acids is 2. The Hall–Kier alpha value is -4.09. The van der Waals surface area contributed by atoms with Gasteiger partial charge in [0, 0.05) is 62.8 Å². The molecule has 0 saturated carbocycles. The van der Waals surface area contributed by atoms with Crippen molar-refractivity contribution in [2.75, 3.05) is 49.9 Å². The third-order valence-corrected chi connectivity index (χ3v) is 6.18. The average molecular weight is 542 g/mol. The highest BCUT2D eigenvalue weighted by atomic mass is 19.4. The quantitative estimate of drug-likeness (QED) is 0.363. The van der Waals surface area contributed by atoms with Gasteiger partial charge in [-0.2, -0.15) is 0 Å². The first-order valence-corrected chi connectivity index (χ1v) is 12.5. The van der Waals surface area contributed by atoms with E-state index >= 15 is 0 Å². The first-order chi connectivity index (χ1) is 18.7. The molecule has 1 aliphatic heterocycles. The normalized spacial score (nSPS) is 14.4. The topological polar surface area (TPSA) is 85.9 Å². The summed E-state index contributed by atoms with van der Waals surface area (Å²) in [6.07, 6.45) is -4.78. The summed E-state index contributed by atoms with van der Waals surface area (Å²) in [6, 6.07) is 21.0. The van der Waals surface area contributed by atoms with Crippen LogP contribution < -0.4 is 20.7 Å². The maximum Gasteiger partial charge on any atom is 0.573 e. The van der Waals surface area contributed by atoms with Crippen LogP contribution in [0.3, 0.4) is 0 Å². The zero-order valence-electron chi connectivity index (χ0n) is 21.2. The molecule has 206 valence electrons. The lowest BCUT2D eigenvalue weighted by atomic mass is 10.2. The molecule has 0 atom stereocenters. The summed E-state index contributed by atoms with van der Waals surface area (Å²) >= 11 is 0. The molecular formula is C28H30F3N5O3. The molecule has 1 aliphatic rings.